The van der Waals surface area contributed by atoms with Crippen LogP contribution in [0.15, 0.2) is 18.2 Å². The summed E-state index contributed by atoms with van der Waals surface area (Å²) in [6.07, 6.45) is 0.509. The zero-order valence-corrected chi connectivity index (χ0v) is 8.56. The van der Waals surface area contributed by atoms with E-state index in [0.29, 0.717) is 19.6 Å². The van der Waals surface area contributed by atoms with E-state index in [-0.39, 0.29) is 11.5 Å². The van der Waals surface area contributed by atoms with Gasteiger partial charge in [0.1, 0.15) is 11.5 Å². The van der Waals surface area contributed by atoms with Gasteiger partial charge in [-0.2, -0.15) is 0 Å². The zero-order chi connectivity index (χ0) is 10.9. The lowest BCUT2D eigenvalue weighted by molar-refractivity contribution is -0.140. The fraction of sp³-hybridized carbons (Fsp3) is 0.455. The average molecular weight is 210 g/mol. The van der Waals surface area contributed by atoms with E-state index in [1.165, 1.54) is 6.07 Å². The highest BCUT2D eigenvalue weighted by Gasteiger charge is 2.31. The summed E-state index contributed by atoms with van der Waals surface area (Å²) in [5, 5.41) is 18.6. The van der Waals surface area contributed by atoms with E-state index in [0.717, 1.165) is 5.56 Å². The standard InChI is InChI=1S/C11H14O4/c1-11(14-2-3-15-11)7-8-4-9(12)6-10(13)5-8/h4-6,12-13H,2-3,7H2,1H3. The molecule has 1 aliphatic heterocycles. The molecule has 0 aromatic heterocycles. The van der Waals surface area contributed by atoms with Gasteiger partial charge in [0, 0.05) is 12.5 Å². The van der Waals surface area contributed by atoms with E-state index in [9.17, 15) is 10.2 Å². The second-order valence-corrected chi connectivity index (χ2v) is 3.87. The van der Waals surface area contributed by atoms with Gasteiger partial charge in [-0.1, -0.05) is 0 Å². The molecule has 1 aromatic carbocycles. The van der Waals surface area contributed by atoms with Crippen LogP contribution in [0.3, 0.4) is 0 Å². The number of rotatable bonds is 2. The van der Waals surface area contributed by atoms with E-state index in [2.05, 4.69) is 0 Å². The zero-order valence-electron chi connectivity index (χ0n) is 8.56. The first-order chi connectivity index (χ1) is 7.07. The van der Waals surface area contributed by atoms with Crippen LogP contribution in [0.1, 0.15) is 12.5 Å². The Labute approximate surface area is 88.1 Å². The minimum Gasteiger partial charge on any atom is -0.508 e. The summed E-state index contributed by atoms with van der Waals surface area (Å²) in [7, 11) is 0. The molecule has 0 amide bonds. The van der Waals surface area contributed by atoms with Crippen LogP contribution in [0.4, 0.5) is 0 Å². The summed E-state index contributed by atoms with van der Waals surface area (Å²) in [4.78, 5) is 0. The number of hydrogen-bond acceptors (Lipinski definition) is 4. The molecule has 0 radical (unpaired) electrons. The topological polar surface area (TPSA) is 58.9 Å². The van der Waals surface area contributed by atoms with Gasteiger partial charge in [0.25, 0.3) is 0 Å². The highest BCUT2D eigenvalue weighted by atomic mass is 16.7. The average Bonchev–Trinajstić information content (AvgIpc) is 2.49. The molecule has 0 unspecified atom stereocenters. The van der Waals surface area contributed by atoms with Gasteiger partial charge in [-0.15, -0.1) is 0 Å². The molecular weight excluding hydrogens is 196 g/mol. The molecular formula is C11H14O4. The minimum absolute atomic E-state index is 0.0478. The molecule has 1 aliphatic rings. The normalized spacial score (nSPS) is 19.3. The van der Waals surface area contributed by atoms with E-state index >= 15 is 0 Å². The molecule has 0 atom stereocenters. The van der Waals surface area contributed by atoms with Crippen molar-refractivity contribution in [1.82, 2.24) is 0 Å². The van der Waals surface area contributed by atoms with E-state index in [1.807, 2.05) is 6.92 Å². The van der Waals surface area contributed by atoms with Crippen LogP contribution in [0, 0.1) is 0 Å². The third kappa shape index (κ3) is 2.40. The maximum Gasteiger partial charge on any atom is 0.169 e. The largest absolute Gasteiger partial charge is 0.508 e. The van der Waals surface area contributed by atoms with Crippen molar-refractivity contribution in [2.24, 2.45) is 0 Å². The number of hydrogen-bond donors (Lipinski definition) is 2. The molecule has 1 heterocycles. The van der Waals surface area contributed by atoms with Crippen LogP contribution in [0.2, 0.25) is 0 Å². The van der Waals surface area contributed by atoms with Gasteiger partial charge in [-0.3, -0.25) is 0 Å². The van der Waals surface area contributed by atoms with Crippen molar-refractivity contribution in [2.75, 3.05) is 13.2 Å². The number of benzene rings is 1. The summed E-state index contributed by atoms with van der Waals surface area (Å²) < 4.78 is 10.9. The number of ether oxygens (including phenoxy) is 2. The van der Waals surface area contributed by atoms with Crippen LogP contribution in [-0.2, 0) is 15.9 Å². The van der Waals surface area contributed by atoms with E-state index in [4.69, 9.17) is 9.47 Å². The van der Waals surface area contributed by atoms with Gasteiger partial charge < -0.3 is 19.7 Å². The smallest absolute Gasteiger partial charge is 0.169 e. The first-order valence-corrected chi connectivity index (χ1v) is 4.87. The van der Waals surface area contributed by atoms with Gasteiger partial charge in [0.05, 0.1) is 13.2 Å². The van der Waals surface area contributed by atoms with Gasteiger partial charge in [0.15, 0.2) is 5.79 Å². The predicted octanol–water partition coefficient (Wildman–Crippen LogP) is 1.40. The Balaban J connectivity index is 2.16. The first-order valence-electron chi connectivity index (χ1n) is 4.87. The van der Waals surface area contributed by atoms with E-state index in [1.54, 1.807) is 12.1 Å². The Morgan fingerprint density at radius 1 is 1.13 bits per heavy atom. The maximum absolute atomic E-state index is 9.31. The predicted molar refractivity (Wildman–Crippen MR) is 53.8 cm³/mol. The third-order valence-corrected chi connectivity index (χ3v) is 2.39. The molecule has 4 heteroatoms. The molecule has 1 fully saturated rings. The third-order valence-electron chi connectivity index (χ3n) is 2.39. The van der Waals surface area contributed by atoms with Crippen LogP contribution < -0.4 is 0 Å². The Bertz CT molecular complexity index is 335. The molecule has 2 N–H and O–H groups in total. The molecule has 82 valence electrons. The molecule has 0 saturated carbocycles. The van der Waals surface area contributed by atoms with Gasteiger partial charge in [-0.25, -0.2) is 0 Å². The molecule has 1 saturated heterocycles. The Kier molecular flexibility index (Phi) is 2.54. The second kappa shape index (κ2) is 3.72. The molecule has 2 rings (SSSR count). The minimum atomic E-state index is -0.639. The second-order valence-electron chi connectivity index (χ2n) is 3.87. The molecule has 15 heavy (non-hydrogen) atoms. The van der Waals surface area contributed by atoms with Gasteiger partial charge in [0.2, 0.25) is 0 Å². The number of phenolic OH excluding ortho intramolecular Hbond substituents is 2. The first kappa shape index (κ1) is 10.3. The van der Waals surface area contributed by atoms with Crippen molar-refractivity contribution in [3.63, 3.8) is 0 Å². The van der Waals surface area contributed by atoms with Crippen molar-refractivity contribution >= 4 is 0 Å². The van der Waals surface area contributed by atoms with Crippen molar-refractivity contribution < 1.29 is 19.7 Å². The van der Waals surface area contributed by atoms with Crippen LogP contribution in [-0.4, -0.2) is 29.2 Å². The van der Waals surface area contributed by atoms with E-state index < -0.39 is 5.79 Å². The number of aromatic hydroxyl groups is 2. The lowest BCUT2D eigenvalue weighted by Crippen LogP contribution is -2.28. The fourth-order valence-corrected chi connectivity index (χ4v) is 1.79. The van der Waals surface area contributed by atoms with Gasteiger partial charge >= 0.3 is 0 Å². The lowest BCUT2D eigenvalue weighted by atomic mass is 10.1. The summed E-state index contributed by atoms with van der Waals surface area (Å²) in [6, 6.07) is 4.48. The summed E-state index contributed by atoms with van der Waals surface area (Å²) in [5.41, 5.74) is 0.789. The monoisotopic (exact) mass is 210 g/mol. The van der Waals surface area contributed by atoms with Crippen LogP contribution in [0.5, 0.6) is 11.5 Å². The van der Waals surface area contributed by atoms with Gasteiger partial charge in [-0.05, 0) is 24.6 Å². The molecule has 0 aliphatic carbocycles. The van der Waals surface area contributed by atoms with Crippen LogP contribution in [0.25, 0.3) is 0 Å². The SMILES string of the molecule is CC1(Cc2cc(O)cc(O)c2)OCCO1. The fourth-order valence-electron chi connectivity index (χ4n) is 1.79. The maximum atomic E-state index is 9.31. The summed E-state index contributed by atoms with van der Waals surface area (Å²) in [6.45, 7) is 3.02. The molecule has 1 aromatic rings. The summed E-state index contributed by atoms with van der Waals surface area (Å²) in [5.74, 6) is -0.543. The van der Waals surface area contributed by atoms with Crippen molar-refractivity contribution in [1.29, 1.82) is 0 Å². The highest BCUT2D eigenvalue weighted by molar-refractivity contribution is 5.37. The highest BCUT2D eigenvalue weighted by Crippen LogP contribution is 2.27. The molecule has 0 spiro atoms. The molecule has 4 nitrogen and oxygen atoms in total. The van der Waals surface area contributed by atoms with Crippen molar-refractivity contribution in [3.05, 3.63) is 23.8 Å². The van der Waals surface area contributed by atoms with Crippen LogP contribution >= 0.6 is 0 Å². The quantitative estimate of drug-likeness (QED) is 0.774. The Morgan fingerprint density at radius 2 is 1.67 bits per heavy atom. The van der Waals surface area contributed by atoms with Crippen molar-refractivity contribution in [2.45, 2.75) is 19.1 Å². The summed E-state index contributed by atoms with van der Waals surface area (Å²) >= 11 is 0. The Hall–Kier alpha value is -1.26. The number of phenols is 2. The molecule has 0 bridgehead atoms. The lowest BCUT2D eigenvalue weighted by Gasteiger charge is -2.22. The Morgan fingerprint density at radius 3 is 2.20 bits per heavy atom. The van der Waals surface area contributed by atoms with Crippen molar-refractivity contribution in [3.8, 4) is 11.5 Å².